The molecule has 1 aromatic heterocycles. The highest BCUT2D eigenvalue weighted by atomic mass is 16.3. The third-order valence-electron chi connectivity index (χ3n) is 3.90. The van der Waals surface area contributed by atoms with Crippen LogP contribution < -0.4 is 10.6 Å². The fourth-order valence-electron chi connectivity index (χ4n) is 2.62. The zero-order valence-corrected chi connectivity index (χ0v) is 10.9. The molecule has 0 saturated heterocycles. The van der Waals surface area contributed by atoms with E-state index in [2.05, 4.69) is 15.6 Å². The highest BCUT2D eigenvalue weighted by Gasteiger charge is 2.43. The number of aromatic nitrogens is 1. The van der Waals surface area contributed by atoms with E-state index in [0.717, 1.165) is 37.0 Å². The first-order chi connectivity index (χ1) is 9.23. The number of rotatable bonds is 4. The molecular formula is C14H17N3O2. The monoisotopic (exact) mass is 259 g/mol. The van der Waals surface area contributed by atoms with Crippen molar-refractivity contribution >= 4 is 22.7 Å². The summed E-state index contributed by atoms with van der Waals surface area (Å²) in [5, 5.41) is 6.10. The summed E-state index contributed by atoms with van der Waals surface area (Å²) in [6.45, 7) is 0.726. The van der Waals surface area contributed by atoms with E-state index < -0.39 is 0 Å². The molecule has 5 heteroatoms. The lowest BCUT2D eigenvalue weighted by Gasteiger charge is -2.40. The highest BCUT2D eigenvalue weighted by Crippen LogP contribution is 2.41. The van der Waals surface area contributed by atoms with Crippen LogP contribution in [0.4, 0.5) is 5.69 Å². The predicted molar refractivity (Wildman–Crippen MR) is 72.8 cm³/mol. The van der Waals surface area contributed by atoms with Crippen molar-refractivity contribution < 1.29 is 9.21 Å². The topological polar surface area (TPSA) is 67.2 Å². The molecule has 0 spiro atoms. The minimum atomic E-state index is -0.245. The van der Waals surface area contributed by atoms with Crippen LogP contribution in [0.3, 0.4) is 0 Å². The molecule has 0 unspecified atom stereocenters. The van der Waals surface area contributed by atoms with Gasteiger partial charge in [0.1, 0.15) is 5.52 Å². The summed E-state index contributed by atoms with van der Waals surface area (Å²) in [5.41, 5.74) is 2.00. The molecule has 1 saturated carbocycles. The van der Waals surface area contributed by atoms with Gasteiger partial charge in [-0.25, -0.2) is 4.98 Å². The second-order valence-electron chi connectivity index (χ2n) is 5.15. The molecule has 5 nitrogen and oxygen atoms in total. The first-order valence-electron chi connectivity index (χ1n) is 6.53. The molecule has 1 fully saturated rings. The van der Waals surface area contributed by atoms with E-state index in [9.17, 15) is 4.79 Å². The van der Waals surface area contributed by atoms with Gasteiger partial charge in [-0.2, -0.15) is 0 Å². The Morgan fingerprint density at radius 1 is 1.47 bits per heavy atom. The zero-order chi connectivity index (χ0) is 13.3. The van der Waals surface area contributed by atoms with Crippen LogP contribution in [0.1, 0.15) is 19.3 Å². The molecule has 1 heterocycles. The number of oxazole rings is 1. The van der Waals surface area contributed by atoms with Gasteiger partial charge in [-0.1, -0.05) is 6.42 Å². The summed E-state index contributed by atoms with van der Waals surface area (Å²) in [6.07, 6.45) is 4.43. The van der Waals surface area contributed by atoms with Crippen molar-refractivity contribution in [1.29, 1.82) is 0 Å². The molecular weight excluding hydrogens is 242 g/mol. The lowest BCUT2D eigenvalue weighted by molar-refractivity contribution is -0.129. The van der Waals surface area contributed by atoms with Gasteiger partial charge in [0.2, 0.25) is 5.91 Å². The Bertz CT molecular complexity index is 602. The van der Waals surface area contributed by atoms with Crippen molar-refractivity contribution in [3.05, 3.63) is 24.6 Å². The highest BCUT2D eigenvalue weighted by molar-refractivity contribution is 5.97. The number of carbonyl (C=O) groups excluding carboxylic acids is 1. The molecule has 0 aliphatic heterocycles. The van der Waals surface area contributed by atoms with E-state index in [1.807, 2.05) is 25.2 Å². The molecule has 2 N–H and O–H groups in total. The SMILES string of the molecule is CNCC1(C(=O)Nc2ccc3ncoc3c2)CCC1. The van der Waals surface area contributed by atoms with Gasteiger partial charge in [0.05, 0.1) is 5.41 Å². The molecule has 3 rings (SSSR count). The summed E-state index contributed by atoms with van der Waals surface area (Å²) < 4.78 is 5.24. The third kappa shape index (κ3) is 2.10. The Morgan fingerprint density at radius 3 is 3.00 bits per heavy atom. The Kier molecular flexibility index (Phi) is 2.98. The minimum absolute atomic E-state index is 0.0898. The molecule has 2 aromatic rings. The minimum Gasteiger partial charge on any atom is -0.443 e. The lowest BCUT2D eigenvalue weighted by atomic mass is 9.68. The standard InChI is InChI=1S/C14H17N3O2/c1-15-8-14(5-2-6-14)13(18)17-10-3-4-11-12(7-10)19-9-16-11/h3-4,7,9,15H,2,5-6,8H2,1H3,(H,17,18). The number of carbonyl (C=O) groups is 1. The normalized spacial score (nSPS) is 17.1. The largest absolute Gasteiger partial charge is 0.443 e. The van der Waals surface area contributed by atoms with E-state index in [0.29, 0.717) is 5.58 Å². The fourth-order valence-corrected chi connectivity index (χ4v) is 2.62. The lowest BCUT2D eigenvalue weighted by Crippen LogP contribution is -2.48. The maximum absolute atomic E-state index is 12.4. The number of anilines is 1. The van der Waals surface area contributed by atoms with Gasteiger partial charge in [-0.05, 0) is 32.0 Å². The van der Waals surface area contributed by atoms with Crippen molar-refractivity contribution in [3.63, 3.8) is 0 Å². The van der Waals surface area contributed by atoms with Crippen molar-refractivity contribution in [3.8, 4) is 0 Å². The van der Waals surface area contributed by atoms with Gasteiger partial charge < -0.3 is 15.1 Å². The van der Waals surface area contributed by atoms with Crippen LogP contribution in [0.2, 0.25) is 0 Å². The van der Waals surface area contributed by atoms with E-state index in [4.69, 9.17) is 4.42 Å². The van der Waals surface area contributed by atoms with E-state index in [1.54, 1.807) is 0 Å². The van der Waals surface area contributed by atoms with Gasteiger partial charge in [-0.15, -0.1) is 0 Å². The molecule has 1 aliphatic carbocycles. The van der Waals surface area contributed by atoms with Crippen LogP contribution >= 0.6 is 0 Å². The second-order valence-corrected chi connectivity index (χ2v) is 5.15. The number of benzene rings is 1. The van der Waals surface area contributed by atoms with Gasteiger partial charge in [-0.3, -0.25) is 4.79 Å². The van der Waals surface area contributed by atoms with Crippen LogP contribution in [0, 0.1) is 5.41 Å². The van der Waals surface area contributed by atoms with Crippen LogP contribution in [0.25, 0.3) is 11.1 Å². The summed E-state index contributed by atoms with van der Waals surface area (Å²) in [6, 6.07) is 5.51. The number of nitrogens with one attached hydrogen (secondary N) is 2. The van der Waals surface area contributed by atoms with Crippen molar-refractivity contribution in [1.82, 2.24) is 10.3 Å². The van der Waals surface area contributed by atoms with Crippen LogP contribution in [-0.4, -0.2) is 24.5 Å². The predicted octanol–water partition coefficient (Wildman–Crippen LogP) is 2.16. The van der Waals surface area contributed by atoms with Gasteiger partial charge in [0.15, 0.2) is 12.0 Å². The number of hydrogen-bond donors (Lipinski definition) is 2. The first kappa shape index (κ1) is 12.2. The van der Waals surface area contributed by atoms with Crippen LogP contribution in [-0.2, 0) is 4.79 Å². The Hall–Kier alpha value is -1.88. The molecule has 1 aromatic carbocycles. The molecule has 0 atom stereocenters. The summed E-state index contributed by atoms with van der Waals surface area (Å²) in [4.78, 5) is 16.4. The van der Waals surface area contributed by atoms with Crippen LogP contribution in [0.5, 0.6) is 0 Å². The van der Waals surface area contributed by atoms with Crippen molar-refractivity contribution in [2.75, 3.05) is 18.9 Å². The molecule has 100 valence electrons. The summed E-state index contributed by atoms with van der Waals surface area (Å²) in [5.74, 6) is 0.0898. The summed E-state index contributed by atoms with van der Waals surface area (Å²) >= 11 is 0. The van der Waals surface area contributed by atoms with Crippen molar-refractivity contribution in [2.45, 2.75) is 19.3 Å². The summed E-state index contributed by atoms with van der Waals surface area (Å²) in [7, 11) is 1.88. The average molecular weight is 259 g/mol. The number of fused-ring (bicyclic) bond motifs is 1. The third-order valence-corrected chi connectivity index (χ3v) is 3.90. The molecule has 19 heavy (non-hydrogen) atoms. The smallest absolute Gasteiger partial charge is 0.231 e. The van der Waals surface area contributed by atoms with E-state index >= 15 is 0 Å². The van der Waals surface area contributed by atoms with Gasteiger partial charge in [0, 0.05) is 18.3 Å². The zero-order valence-electron chi connectivity index (χ0n) is 10.9. The molecule has 1 aliphatic rings. The maximum atomic E-state index is 12.4. The Labute approximate surface area is 111 Å². The number of hydrogen-bond acceptors (Lipinski definition) is 4. The Balaban J connectivity index is 1.78. The molecule has 1 amide bonds. The number of nitrogens with zero attached hydrogens (tertiary/aromatic N) is 1. The molecule has 0 radical (unpaired) electrons. The molecule has 0 bridgehead atoms. The second kappa shape index (κ2) is 4.66. The van der Waals surface area contributed by atoms with Crippen LogP contribution in [0.15, 0.2) is 29.0 Å². The quantitative estimate of drug-likeness (QED) is 0.883. The van der Waals surface area contributed by atoms with Gasteiger partial charge >= 0.3 is 0 Å². The van der Waals surface area contributed by atoms with E-state index in [-0.39, 0.29) is 11.3 Å². The Morgan fingerprint density at radius 2 is 2.32 bits per heavy atom. The first-order valence-corrected chi connectivity index (χ1v) is 6.53. The van der Waals surface area contributed by atoms with E-state index in [1.165, 1.54) is 6.39 Å². The van der Waals surface area contributed by atoms with Crippen molar-refractivity contribution in [2.24, 2.45) is 5.41 Å². The fraction of sp³-hybridized carbons (Fsp3) is 0.429. The maximum Gasteiger partial charge on any atom is 0.231 e. The van der Waals surface area contributed by atoms with Gasteiger partial charge in [0.25, 0.3) is 0 Å². The average Bonchev–Trinajstić information content (AvgIpc) is 2.80. The number of amides is 1.